The Bertz CT molecular complexity index is 353. The third kappa shape index (κ3) is 6.29. The van der Waals surface area contributed by atoms with Gasteiger partial charge in [0.25, 0.3) is 0 Å². The highest BCUT2D eigenvalue weighted by Gasteiger charge is 2.02. The Balaban J connectivity index is 0.00000121. The van der Waals surface area contributed by atoms with Crippen molar-refractivity contribution in [2.24, 2.45) is 0 Å². The van der Waals surface area contributed by atoms with Crippen molar-refractivity contribution in [1.29, 1.82) is 0 Å². The molecule has 96 valence electrons. The van der Waals surface area contributed by atoms with Crippen molar-refractivity contribution in [3.05, 3.63) is 28.8 Å². The summed E-state index contributed by atoms with van der Waals surface area (Å²) in [6.45, 7) is 6.32. The zero-order chi connectivity index (χ0) is 13.3. The summed E-state index contributed by atoms with van der Waals surface area (Å²) in [4.78, 5) is 11.3. The van der Waals surface area contributed by atoms with Crippen LogP contribution in [0.25, 0.3) is 0 Å². The zero-order valence-corrected chi connectivity index (χ0v) is 11.6. The predicted molar refractivity (Wildman–Crippen MR) is 72.7 cm³/mol. The molecule has 0 fully saturated rings. The molecule has 0 aliphatic rings. The number of halogens is 1. The number of hydrogen-bond acceptors (Lipinski definition) is 2. The maximum Gasteiger partial charge on any atom is 0.226 e. The molecule has 0 aromatic heterocycles. The number of ether oxygens (including phenoxy) is 1. The summed E-state index contributed by atoms with van der Waals surface area (Å²) in [6, 6.07) is 5.38. The molecule has 1 aromatic rings. The second-order valence-electron chi connectivity index (χ2n) is 3.25. The summed E-state index contributed by atoms with van der Waals surface area (Å²) in [5, 5.41) is 3.47. The average molecular weight is 258 g/mol. The van der Waals surface area contributed by atoms with E-state index in [0.29, 0.717) is 18.1 Å². The molecule has 0 atom stereocenters. The molecule has 0 saturated carbocycles. The van der Waals surface area contributed by atoms with Crippen LogP contribution in [0.1, 0.15) is 25.8 Å². The van der Waals surface area contributed by atoms with Gasteiger partial charge in [0.2, 0.25) is 5.91 Å². The zero-order valence-electron chi connectivity index (χ0n) is 10.8. The van der Waals surface area contributed by atoms with Gasteiger partial charge < -0.3 is 10.1 Å². The molecule has 0 heterocycles. The van der Waals surface area contributed by atoms with Crippen LogP contribution in [-0.2, 0) is 9.53 Å². The molecule has 1 rings (SSSR count). The van der Waals surface area contributed by atoms with E-state index in [0.717, 1.165) is 11.3 Å². The molecule has 0 aliphatic carbocycles. The Morgan fingerprint density at radius 3 is 2.59 bits per heavy atom. The molecule has 0 saturated heterocycles. The third-order valence-corrected chi connectivity index (χ3v) is 2.40. The van der Waals surface area contributed by atoms with E-state index < -0.39 is 0 Å². The maximum atomic E-state index is 11.3. The van der Waals surface area contributed by atoms with Gasteiger partial charge >= 0.3 is 0 Å². The van der Waals surface area contributed by atoms with E-state index in [2.05, 4.69) is 5.32 Å². The van der Waals surface area contributed by atoms with Gasteiger partial charge in [-0.15, -0.1) is 0 Å². The first-order valence-electron chi connectivity index (χ1n) is 5.68. The van der Waals surface area contributed by atoms with Crippen molar-refractivity contribution in [3.63, 3.8) is 0 Å². The van der Waals surface area contributed by atoms with Crippen LogP contribution in [0.15, 0.2) is 18.2 Å². The fraction of sp³-hybridized carbons (Fsp3) is 0.462. The van der Waals surface area contributed by atoms with Gasteiger partial charge in [0, 0.05) is 17.8 Å². The van der Waals surface area contributed by atoms with Crippen molar-refractivity contribution in [2.45, 2.75) is 27.2 Å². The van der Waals surface area contributed by atoms with E-state index in [1.807, 2.05) is 26.8 Å². The molecular formula is C13H20ClNO2. The summed E-state index contributed by atoms with van der Waals surface area (Å²) in [5.74, 6) is -0.0569. The molecule has 0 radical (unpaired) electrons. The minimum atomic E-state index is -0.0569. The maximum absolute atomic E-state index is 11.3. The van der Waals surface area contributed by atoms with Gasteiger partial charge in [0.15, 0.2) is 0 Å². The van der Waals surface area contributed by atoms with Gasteiger partial charge in [0.05, 0.1) is 13.0 Å². The van der Waals surface area contributed by atoms with Crippen molar-refractivity contribution < 1.29 is 9.53 Å². The number of rotatable bonds is 4. The Morgan fingerprint density at radius 2 is 2.06 bits per heavy atom. The standard InChI is InChI=1S/C11H14ClNO2.C2H6/c1-8-7-9(3-4-10(8)12)13-11(14)5-6-15-2;1-2/h3-4,7H,5-6H2,1-2H3,(H,13,14);1-2H3. The molecule has 1 amide bonds. The van der Waals surface area contributed by atoms with Crippen LogP contribution in [-0.4, -0.2) is 19.6 Å². The molecule has 4 heteroatoms. The lowest BCUT2D eigenvalue weighted by molar-refractivity contribution is -0.117. The smallest absolute Gasteiger partial charge is 0.226 e. The van der Waals surface area contributed by atoms with Gasteiger partial charge in [-0.3, -0.25) is 4.79 Å². The fourth-order valence-electron chi connectivity index (χ4n) is 1.14. The van der Waals surface area contributed by atoms with Gasteiger partial charge in [-0.2, -0.15) is 0 Å². The van der Waals surface area contributed by atoms with Crippen LogP contribution >= 0.6 is 11.6 Å². The molecule has 0 unspecified atom stereocenters. The first-order chi connectivity index (χ1) is 8.13. The second kappa shape index (κ2) is 9.02. The number of anilines is 1. The van der Waals surface area contributed by atoms with Crippen LogP contribution < -0.4 is 5.32 Å². The second-order valence-corrected chi connectivity index (χ2v) is 3.66. The summed E-state index contributed by atoms with van der Waals surface area (Å²) in [6.07, 6.45) is 0.359. The number of carbonyl (C=O) groups is 1. The molecule has 3 nitrogen and oxygen atoms in total. The summed E-state index contributed by atoms with van der Waals surface area (Å²) < 4.78 is 4.81. The van der Waals surface area contributed by atoms with E-state index >= 15 is 0 Å². The van der Waals surface area contributed by atoms with E-state index in [-0.39, 0.29) is 5.91 Å². The topological polar surface area (TPSA) is 38.3 Å². The SMILES string of the molecule is CC.COCCC(=O)Nc1ccc(Cl)c(C)c1. The lowest BCUT2D eigenvalue weighted by Gasteiger charge is -2.06. The lowest BCUT2D eigenvalue weighted by Crippen LogP contribution is -2.13. The van der Waals surface area contributed by atoms with Gasteiger partial charge in [-0.25, -0.2) is 0 Å². The number of hydrogen-bond donors (Lipinski definition) is 1. The van der Waals surface area contributed by atoms with Crippen LogP contribution in [0.2, 0.25) is 5.02 Å². The highest BCUT2D eigenvalue weighted by molar-refractivity contribution is 6.31. The first kappa shape index (κ1) is 15.9. The molecule has 0 spiro atoms. The van der Waals surface area contributed by atoms with Crippen molar-refractivity contribution in [3.8, 4) is 0 Å². The molecule has 0 aliphatic heterocycles. The van der Waals surface area contributed by atoms with E-state index in [1.54, 1.807) is 19.2 Å². The van der Waals surface area contributed by atoms with Crippen LogP contribution in [0.4, 0.5) is 5.69 Å². The quantitative estimate of drug-likeness (QED) is 0.894. The molecule has 17 heavy (non-hydrogen) atoms. The van der Waals surface area contributed by atoms with E-state index in [4.69, 9.17) is 16.3 Å². The number of nitrogens with one attached hydrogen (secondary N) is 1. The van der Waals surface area contributed by atoms with Gasteiger partial charge in [-0.05, 0) is 30.7 Å². The van der Waals surface area contributed by atoms with Crippen LogP contribution in [0, 0.1) is 6.92 Å². The number of benzene rings is 1. The van der Waals surface area contributed by atoms with Gasteiger partial charge in [0.1, 0.15) is 0 Å². The monoisotopic (exact) mass is 257 g/mol. The van der Waals surface area contributed by atoms with Crippen molar-refractivity contribution in [1.82, 2.24) is 0 Å². The summed E-state index contributed by atoms with van der Waals surface area (Å²) >= 11 is 5.87. The minimum Gasteiger partial charge on any atom is -0.384 e. The summed E-state index contributed by atoms with van der Waals surface area (Å²) in [5.41, 5.74) is 1.71. The number of carbonyl (C=O) groups excluding carboxylic acids is 1. The normalized spacial score (nSPS) is 9.24. The van der Waals surface area contributed by atoms with Gasteiger partial charge in [-0.1, -0.05) is 25.4 Å². The lowest BCUT2D eigenvalue weighted by atomic mass is 10.2. The Kier molecular flexibility index (Phi) is 8.46. The third-order valence-electron chi connectivity index (χ3n) is 1.97. The predicted octanol–water partition coefficient (Wildman–Crippen LogP) is 3.65. The molecule has 0 bridgehead atoms. The van der Waals surface area contributed by atoms with E-state index in [1.165, 1.54) is 0 Å². The van der Waals surface area contributed by atoms with Crippen molar-refractivity contribution in [2.75, 3.05) is 19.0 Å². The highest BCUT2D eigenvalue weighted by atomic mass is 35.5. The van der Waals surface area contributed by atoms with Crippen molar-refractivity contribution >= 4 is 23.2 Å². The van der Waals surface area contributed by atoms with Crippen LogP contribution in [0.5, 0.6) is 0 Å². The Labute approximate surface area is 108 Å². The average Bonchev–Trinajstić information content (AvgIpc) is 2.34. The largest absolute Gasteiger partial charge is 0.384 e. The fourth-order valence-corrected chi connectivity index (χ4v) is 1.26. The van der Waals surface area contributed by atoms with Crippen LogP contribution in [0.3, 0.4) is 0 Å². The molecule has 1 N–H and O–H groups in total. The number of amides is 1. The highest BCUT2D eigenvalue weighted by Crippen LogP contribution is 2.19. The number of aryl methyl sites for hydroxylation is 1. The Morgan fingerprint density at radius 1 is 1.41 bits per heavy atom. The van der Waals surface area contributed by atoms with E-state index in [9.17, 15) is 4.79 Å². The summed E-state index contributed by atoms with van der Waals surface area (Å²) in [7, 11) is 1.57. The molecule has 1 aromatic carbocycles. The first-order valence-corrected chi connectivity index (χ1v) is 6.06. The Hall–Kier alpha value is -1.06. The number of methoxy groups -OCH3 is 1. The minimum absolute atomic E-state index is 0.0569. The molecular weight excluding hydrogens is 238 g/mol.